The Labute approximate surface area is 142 Å². The molecule has 0 saturated heterocycles. The van der Waals surface area contributed by atoms with Crippen LogP contribution in [0.1, 0.15) is 11.0 Å². The number of rotatable bonds is 4. The highest BCUT2D eigenvalue weighted by molar-refractivity contribution is 7.19. The van der Waals surface area contributed by atoms with Crippen LogP contribution in [0.25, 0.3) is 21.1 Å². The molecule has 7 heteroatoms. The zero-order valence-corrected chi connectivity index (χ0v) is 13.5. The Hall–Kier alpha value is -2.77. The molecule has 0 radical (unpaired) electrons. The maximum Gasteiger partial charge on any atom is 0.166 e. The van der Waals surface area contributed by atoms with E-state index in [-0.39, 0.29) is 0 Å². The summed E-state index contributed by atoms with van der Waals surface area (Å²) in [7, 11) is 0. The first kappa shape index (κ1) is 14.8. The van der Waals surface area contributed by atoms with Gasteiger partial charge in [-0.2, -0.15) is 0 Å². The molecule has 0 bridgehead atoms. The number of nitrogens with one attached hydrogen (secondary N) is 1. The van der Waals surface area contributed by atoms with E-state index in [4.69, 9.17) is 5.73 Å². The number of aliphatic hydroxyl groups excluding tert-OH is 1. The van der Waals surface area contributed by atoms with Crippen LogP contribution in [0.4, 0.5) is 11.6 Å². The van der Waals surface area contributed by atoms with Crippen molar-refractivity contribution in [1.29, 1.82) is 0 Å². The smallest absolute Gasteiger partial charge is 0.166 e. The van der Waals surface area contributed by atoms with Crippen LogP contribution in [-0.4, -0.2) is 26.6 Å². The first-order valence-corrected chi connectivity index (χ1v) is 8.30. The summed E-state index contributed by atoms with van der Waals surface area (Å²) in [4.78, 5) is 13.4. The monoisotopic (exact) mass is 337 g/mol. The molecule has 4 aromatic rings. The van der Waals surface area contributed by atoms with Crippen molar-refractivity contribution in [1.82, 2.24) is 15.0 Å². The molecule has 0 aliphatic heterocycles. The molecule has 0 aliphatic rings. The van der Waals surface area contributed by atoms with Crippen molar-refractivity contribution in [2.24, 2.45) is 0 Å². The minimum Gasteiger partial charge on any atom is -0.386 e. The summed E-state index contributed by atoms with van der Waals surface area (Å²) in [6, 6.07) is 13.6. The fraction of sp³-hybridized carbons (Fsp3) is 0.118. The zero-order chi connectivity index (χ0) is 16.5. The number of anilines is 2. The van der Waals surface area contributed by atoms with E-state index in [9.17, 15) is 5.11 Å². The first-order chi connectivity index (χ1) is 11.7. The molecule has 120 valence electrons. The number of nitrogens with zero attached hydrogens (tertiary/aromatic N) is 3. The number of fused-ring (bicyclic) bond motifs is 2. The van der Waals surface area contributed by atoms with Crippen LogP contribution in [0.3, 0.4) is 0 Å². The van der Waals surface area contributed by atoms with Crippen LogP contribution in [0, 0.1) is 0 Å². The fourth-order valence-corrected chi connectivity index (χ4v) is 3.61. The second kappa shape index (κ2) is 6.03. The fourth-order valence-electron chi connectivity index (χ4n) is 2.56. The second-order valence-electron chi connectivity index (χ2n) is 5.41. The minimum absolute atomic E-state index is 0.351. The van der Waals surface area contributed by atoms with Gasteiger partial charge >= 0.3 is 0 Å². The van der Waals surface area contributed by atoms with E-state index in [0.29, 0.717) is 23.8 Å². The van der Waals surface area contributed by atoms with Gasteiger partial charge in [0.25, 0.3) is 0 Å². The number of pyridine rings is 1. The first-order valence-electron chi connectivity index (χ1n) is 7.48. The SMILES string of the molecule is Nc1ccc2c(NCC(O)c3cc4ccccc4s3)ncnc2n1. The largest absolute Gasteiger partial charge is 0.386 e. The van der Waals surface area contributed by atoms with Crippen LogP contribution in [0.2, 0.25) is 0 Å². The highest BCUT2D eigenvalue weighted by Crippen LogP contribution is 2.30. The molecule has 0 spiro atoms. The van der Waals surface area contributed by atoms with Gasteiger partial charge in [0, 0.05) is 16.1 Å². The number of hydrogen-bond donors (Lipinski definition) is 3. The van der Waals surface area contributed by atoms with Crippen molar-refractivity contribution in [2.45, 2.75) is 6.10 Å². The number of thiophene rings is 1. The number of aliphatic hydroxyl groups is 1. The Bertz CT molecular complexity index is 983. The maximum absolute atomic E-state index is 10.5. The predicted octanol–water partition coefficient (Wildman–Crippen LogP) is 2.97. The molecule has 3 heterocycles. The summed E-state index contributed by atoms with van der Waals surface area (Å²) in [6.45, 7) is 0.351. The number of nitrogens with two attached hydrogens (primary N) is 1. The Morgan fingerprint density at radius 2 is 2.04 bits per heavy atom. The van der Waals surface area contributed by atoms with Crippen LogP contribution >= 0.6 is 11.3 Å². The topological polar surface area (TPSA) is 97.0 Å². The molecule has 1 unspecified atom stereocenters. The number of nitrogen functional groups attached to an aromatic ring is 1. The lowest BCUT2D eigenvalue weighted by Gasteiger charge is -2.12. The highest BCUT2D eigenvalue weighted by atomic mass is 32.1. The van der Waals surface area contributed by atoms with E-state index in [1.807, 2.05) is 30.3 Å². The summed E-state index contributed by atoms with van der Waals surface area (Å²) in [5, 5.41) is 15.6. The number of benzene rings is 1. The quantitative estimate of drug-likeness (QED) is 0.530. The molecular weight excluding hydrogens is 322 g/mol. The molecule has 0 fully saturated rings. The summed E-state index contributed by atoms with van der Waals surface area (Å²) < 4.78 is 1.17. The van der Waals surface area contributed by atoms with Crippen molar-refractivity contribution in [3.05, 3.63) is 53.7 Å². The van der Waals surface area contributed by atoms with Gasteiger partial charge in [0.1, 0.15) is 24.1 Å². The Kier molecular flexibility index (Phi) is 3.72. The zero-order valence-electron chi connectivity index (χ0n) is 12.7. The molecule has 1 atom stereocenters. The summed E-state index contributed by atoms with van der Waals surface area (Å²) in [5.74, 6) is 1.05. The lowest BCUT2D eigenvalue weighted by atomic mass is 10.2. The van der Waals surface area contributed by atoms with E-state index in [2.05, 4.69) is 26.3 Å². The van der Waals surface area contributed by atoms with E-state index in [0.717, 1.165) is 15.6 Å². The van der Waals surface area contributed by atoms with Crippen molar-refractivity contribution in [3.63, 3.8) is 0 Å². The average molecular weight is 337 g/mol. The van der Waals surface area contributed by atoms with E-state index in [1.165, 1.54) is 11.0 Å². The van der Waals surface area contributed by atoms with Gasteiger partial charge in [0.2, 0.25) is 0 Å². The molecular formula is C17H15N5OS. The van der Waals surface area contributed by atoms with Crippen molar-refractivity contribution in [2.75, 3.05) is 17.6 Å². The van der Waals surface area contributed by atoms with Gasteiger partial charge in [0.15, 0.2) is 5.65 Å². The molecule has 6 nitrogen and oxygen atoms in total. The molecule has 3 aromatic heterocycles. The van der Waals surface area contributed by atoms with Gasteiger partial charge < -0.3 is 16.2 Å². The van der Waals surface area contributed by atoms with E-state index >= 15 is 0 Å². The number of hydrogen-bond acceptors (Lipinski definition) is 7. The van der Waals surface area contributed by atoms with E-state index < -0.39 is 6.10 Å². The van der Waals surface area contributed by atoms with Gasteiger partial charge in [-0.05, 0) is 29.7 Å². The summed E-state index contributed by atoms with van der Waals surface area (Å²) >= 11 is 1.59. The van der Waals surface area contributed by atoms with Crippen LogP contribution in [0.5, 0.6) is 0 Å². The lowest BCUT2D eigenvalue weighted by molar-refractivity contribution is 0.195. The van der Waals surface area contributed by atoms with Gasteiger partial charge in [-0.3, -0.25) is 0 Å². The average Bonchev–Trinajstić information content (AvgIpc) is 3.03. The van der Waals surface area contributed by atoms with Crippen molar-refractivity contribution in [3.8, 4) is 0 Å². The van der Waals surface area contributed by atoms with Gasteiger partial charge in [0.05, 0.1) is 5.39 Å². The van der Waals surface area contributed by atoms with Crippen LogP contribution < -0.4 is 11.1 Å². The van der Waals surface area contributed by atoms with Gasteiger partial charge in [-0.1, -0.05) is 18.2 Å². The predicted molar refractivity (Wildman–Crippen MR) is 97.0 cm³/mol. The highest BCUT2D eigenvalue weighted by Gasteiger charge is 2.13. The summed E-state index contributed by atoms with van der Waals surface area (Å²) in [6.07, 6.45) is 0.817. The molecule has 0 aliphatic carbocycles. The second-order valence-corrected chi connectivity index (χ2v) is 6.53. The molecule has 0 amide bonds. The third-order valence-corrected chi connectivity index (χ3v) is 4.97. The number of aromatic nitrogens is 3. The molecule has 24 heavy (non-hydrogen) atoms. The Morgan fingerprint density at radius 1 is 1.17 bits per heavy atom. The molecule has 1 aromatic carbocycles. The molecule has 0 saturated carbocycles. The van der Waals surface area contributed by atoms with Gasteiger partial charge in [-0.15, -0.1) is 11.3 Å². The van der Waals surface area contributed by atoms with Gasteiger partial charge in [-0.25, -0.2) is 15.0 Å². The third-order valence-electron chi connectivity index (χ3n) is 3.75. The normalized spacial score (nSPS) is 12.5. The van der Waals surface area contributed by atoms with Crippen LogP contribution in [0.15, 0.2) is 48.8 Å². The maximum atomic E-state index is 10.5. The standard InChI is InChI=1S/C17H15N5OS/c18-15-6-5-11-16(20-9-21-17(11)22-15)19-8-12(23)14-7-10-3-1-2-4-13(10)24-14/h1-7,9,12,23H,8H2,(H3,18,19,20,21,22). The minimum atomic E-state index is -0.617. The molecule has 4 N–H and O–H groups in total. The Balaban J connectivity index is 1.56. The van der Waals surface area contributed by atoms with Crippen molar-refractivity contribution < 1.29 is 5.11 Å². The van der Waals surface area contributed by atoms with Crippen molar-refractivity contribution >= 4 is 44.1 Å². The Morgan fingerprint density at radius 3 is 2.92 bits per heavy atom. The lowest BCUT2D eigenvalue weighted by Crippen LogP contribution is -2.12. The molecule has 4 rings (SSSR count). The summed E-state index contributed by atoms with van der Waals surface area (Å²) in [5.41, 5.74) is 6.21. The van der Waals surface area contributed by atoms with Crippen LogP contribution in [-0.2, 0) is 0 Å². The van der Waals surface area contributed by atoms with E-state index in [1.54, 1.807) is 17.4 Å². The third kappa shape index (κ3) is 2.75.